The van der Waals surface area contributed by atoms with Crippen LogP contribution in [-0.4, -0.2) is 35.0 Å². The summed E-state index contributed by atoms with van der Waals surface area (Å²) in [6.45, 7) is 1.61. The second-order valence-electron chi connectivity index (χ2n) is 6.90. The summed E-state index contributed by atoms with van der Waals surface area (Å²) in [5, 5.41) is 6.88. The van der Waals surface area contributed by atoms with Crippen molar-refractivity contribution in [3.8, 4) is 27.8 Å². The molecule has 0 N–H and O–H groups in total. The highest BCUT2D eigenvalue weighted by molar-refractivity contribution is 7.13. The monoisotopic (exact) mass is 487 g/mol. The number of benzene rings is 2. The van der Waals surface area contributed by atoms with Gasteiger partial charge in [-0.1, -0.05) is 17.7 Å². The minimum atomic E-state index is -0.626. The summed E-state index contributed by atoms with van der Waals surface area (Å²) in [5.74, 6) is 0.168. The molecule has 0 aliphatic heterocycles. The molecule has 0 atom stereocenters. The predicted octanol–water partition coefficient (Wildman–Crippen LogP) is 5.47. The number of halogens is 2. The second kappa shape index (κ2) is 9.60. The topological polar surface area (TPSA) is 75.5 Å². The molecular weight excluding hydrogens is 469 g/mol. The van der Waals surface area contributed by atoms with Crippen LogP contribution >= 0.6 is 22.9 Å². The van der Waals surface area contributed by atoms with Crippen molar-refractivity contribution >= 4 is 28.9 Å². The number of aryl methyl sites for hydroxylation is 1. The van der Waals surface area contributed by atoms with Gasteiger partial charge in [-0.15, -0.1) is 11.3 Å². The van der Waals surface area contributed by atoms with Crippen LogP contribution in [-0.2, 0) is 11.3 Å². The van der Waals surface area contributed by atoms with Gasteiger partial charge in [0.2, 0.25) is 0 Å². The van der Waals surface area contributed by atoms with Crippen molar-refractivity contribution in [1.82, 2.24) is 14.8 Å². The SMILES string of the molecule is COc1cccc(-c2nc(COC(=O)c3c(C)nn(-c4ccc(F)cc4)c3Cl)cs2)c1OC. The van der Waals surface area contributed by atoms with Crippen molar-refractivity contribution in [2.24, 2.45) is 0 Å². The van der Waals surface area contributed by atoms with Crippen molar-refractivity contribution in [3.63, 3.8) is 0 Å². The first-order valence-corrected chi connectivity index (χ1v) is 11.0. The summed E-state index contributed by atoms with van der Waals surface area (Å²) >= 11 is 7.79. The molecular formula is C23H19ClFN3O4S. The molecule has 0 radical (unpaired) electrons. The Bertz CT molecular complexity index is 1300. The van der Waals surface area contributed by atoms with E-state index in [0.717, 1.165) is 5.56 Å². The fourth-order valence-corrected chi connectivity index (χ4v) is 4.42. The minimum Gasteiger partial charge on any atom is -0.493 e. The van der Waals surface area contributed by atoms with Crippen molar-refractivity contribution in [2.75, 3.05) is 14.2 Å². The zero-order valence-electron chi connectivity index (χ0n) is 18.0. The maximum absolute atomic E-state index is 13.2. The molecule has 0 saturated carbocycles. The number of methoxy groups -OCH3 is 2. The van der Waals surface area contributed by atoms with Crippen LogP contribution in [0.15, 0.2) is 47.8 Å². The standard InChI is InChI=1S/C23H19ClFN3O4S/c1-13-19(21(24)28(27-13)16-9-7-14(25)8-10-16)23(29)32-11-15-12-33-22(26-15)17-5-4-6-18(30-2)20(17)31-3/h4-10,12H,11H2,1-3H3. The number of ether oxygens (including phenoxy) is 3. The van der Waals surface area contributed by atoms with E-state index in [1.807, 2.05) is 12.1 Å². The number of para-hydroxylation sites is 1. The van der Waals surface area contributed by atoms with Crippen molar-refractivity contribution in [3.05, 3.63) is 75.8 Å². The number of aromatic nitrogens is 3. The number of nitrogens with zero attached hydrogens (tertiary/aromatic N) is 3. The Morgan fingerprint density at radius 1 is 1.15 bits per heavy atom. The Morgan fingerprint density at radius 2 is 1.91 bits per heavy atom. The van der Waals surface area contributed by atoms with Gasteiger partial charge < -0.3 is 14.2 Å². The number of carbonyl (C=O) groups is 1. The first-order valence-electron chi connectivity index (χ1n) is 9.77. The molecule has 170 valence electrons. The molecule has 0 aliphatic carbocycles. The van der Waals surface area contributed by atoms with Gasteiger partial charge in [-0.05, 0) is 43.3 Å². The van der Waals surface area contributed by atoms with Crippen LogP contribution < -0.4 is 9.47 Å². The lowest BCUT2D eigenvalue weighted by Gasteiger charge is -2.10. The summed E-state index contributed by atoms with van der Waals surface area (Å²) in [6, 6.07) is 11.1. The third-order valence-corrected chi connectivity index (χ3v) is 6.09. The molecule has 0 aliphatic rings. The number of hydrogen-bond donors (Lipinski definition) is 0. The molecule has 0 unspecified atom stereocenters. The maximum atomic E-state index is 13.2. The fourth-order valence-electron chi connectivity index (χ4n) is 3.25. The zero-order chi connectivity index (χ0) is 23.5. The van der Waals surface area contributed by atoms with Gasteiger partial charge in [0.15, 0.2) is 11.5 Å². The van der Waals surface area contributed by atoms with E-state index < -0.39 is 5.97 Å². The number of rotatable bonds is 7. The highest BCUT2D eigenvalue weighted by Gasteiger charge is 2.23. The maximum Gasteiger partial charge on any atom is 0.343 e. The molecule has 0 fully saturated rings. The summed E-state index contributed by atoms with van der Waals surface area (Å²) in [7, 11) is 3.13. The van der Waals surface area contributed by atoms with Gasteiger partial charge in [-0.2, -0.15) is 5.10 Å². The Hall–Kier alpha value is -3.43. The lowest BCUT2D eigenvalue weighted by atomic mass is 10.2. The van der Waals surface area contributed by atoms with Gasteiger partial charge >= 0.3 is 5.97 Å². The molecule has 4 aromatic rings. The van der Waals surface area contributed by atoms with Gasteiger partial charge in [0.05, 0.1) is 36.9 Å². The summed E-state index contributed by atoms with van der Waals surface area (Å²) < 4.78 is 30.8. The van der Waals surface area contributed by atoms with Crippen molar-refractivity contribution in [1.29, 1.82) is 0 Å². The lowest BCUT2D eigenvalue weighted by Crippen LogP contribution is -2.07. The largest absolute Gasteiger partial charge is 0.493 e. The van der Waals surface area contributed by atoms with E-state index in [0.29, 0.717) is 33.6 Å². The van der Waals surface area contributed by atoms with E-state index in [4.69, 9.17) is 25.8 Å². The second-order valence-corrected chi connectivity index (χ2v) is 8.12. The number of thiazole rings is 1. The molecule has 7 nitrogen and oxygen atoms in total. The highest BCUT2D eigenvalue weighted by atomic mass is 35.5. The van der Waals surface area contributed by atoms with Crippen molar-refractivity contribution < 1.29 is 23.4 Å². The van der Waals surface area contributed by atoms with E-state index in [2.05, 4.69) is 10.1 Å². The minimum absolute atomic E-state index is 0.0425. The summed E-state index contributed by atoms with van der Waals surface area (Å²) in [4.78, 5) is 17.3. The Balaban J connectivity index is 1.51. The van der Waals surface area contributed by atoms with E-state index >= 15 is 0 Å². The van der Waals surface area contributed by atoms with E-state index in [1.165, 1.54) is 40.3 Å². The first kappa shape index (κ1) is 22.8. The zero-order valence-corrected chi connectivity index (χ0v) is 19.5. The Morgan fingerprint density at radius 3 is 2.61 bits per heavy atom. The van der Waals surface area contributed by atoms with Gasteiger partial charge in [-0.3, -0.25) is 0 Å². The average Bonchev–Trinajstić information content (AvgIpc) is 3.41. The van der Waals surface area contributed by atoms with Crippen LogP contribution in [0.3, 0.4) is 0 Å². The van der Waals surface area contributed by atoms with Crippen LogP contribution in [0.5, 0.6) is 11.5 Å². The van der Waals surface area contributed by atoms with Crippen LogP contribution in [0.1, 0.15) is 21.7 Å². The molecule has 0 saturated heterocycles. The normalized spacial score (nSPS) is 10.8. The summed E-state index contributed by atoms with van der Waals surface area (Å²) in [5.41, 5.74) is 2.42. The van der Waals surface area contributed by atoms with E-state index in [9.17, 15) is 9.18 Å². The quantitative estimate of drug-likeness (QED) is 0.322. The molecule has 33 heavy (non-hydrogen) atoms. The predicted molar refractivity (Wildman–Crippen MR) is 123 cm³/mol. The first-order chi connectivity index (χ1) is 15.9. The molecule has 0 spiro atoms. The summed E-state index contributed by atoms with van der Waals surface area (Å²) in [6.07, 6.45) is 0. The van der Waals surface area contributed by atoms with Gasteiger partial charge in [-0.25, -0.2) is 18.9 Å². The molecule has 2 heterocycles. The molecule has 0 amide bonds. The highest BCUT2D eigenvalue weighted by Crippen LogP contribution is 2.39. The molecule has 0 bridgehead atoms. The lowest BCUT2D eigenvalue weighted by molar-refractivity contribution is 0.0468. The van der Waals surface area contributed by atoms with Crippen LogP contribution in [0.4, 0.5) is 4.39 Å². The van der Waals surface area contributed by atoms with Gasteiger partial charge in [0.25, 0.3) is 0 Å². The average molecular weight is 488 g/mol. The van der Waals surface area contributed by atoms with Crippen LogP contribution in [0.2, 0.25) is 5.15 Å². The molecule has 2 aromatic carbocycles. The third kappa shape index (κ3) is 4.55. The third-order valence-electron chi connectivity index (χ3n) is 4.82. The number of carbonyl (C=O) groups excluding carboxylic acids is 1. The molecule has 4 rings (SSSR count). The van der Waals surface area contributed by atoms with Gasteiger partial charge in [0, 0.05) is 5.38 Å². The Labute approximate surface area is 198 Å². The Kier molecular flexibility index (Phi) is 6.62. The van der Waals surface area contributed by atoms with Crippen molar-refractivity contribution in [2.45, 2.75) is 13.5 Å². The molecule has 10 heteroatoms. The number of hydrogen-bond acceptors (Lipinski definition) is 7. The smallest absolute Gasteiger partial charge is 0.343 e. The van der Waals surface area contributed by atoms with Crippen LogP contribution in [0.25, 0.3) is 16.3 Å². The fraction of sp³-hybridized carbons (Fsp3) is 0.174. The van der Waals surface area contributed by atoms with Crippen LogP contribution in [0, 0.1) is 12.7 Å². The number of esters is 1. The van der Waals surface area contributed by atoms with E-state index in [1.54, 1.807) is 32.6 Å². The van der Waals surface area contributed by atoms with Gasteiger partial charge in [0.1, 0.15) is 28.1 Å². The van der Waals surface area contributed by atoms with E-state index in [-0.39, 0.29) is 23.1 Å². The molecule has 2 aromatic heterocycles.